The summed E-state index contributed by atoms with van der Waals surface area (Å²) >= 11 is -1.52. The maximum atomic E-state index is 13.0. The first-order valence-corrected chi connectivity index (χ1v) is 11.7. The quantitative estimate of drug-likeness (QED) is 0.381. The van der Waals surface area contributed by atoms with Crippen molar-refractivity contribution in [2.24, 2.45) is 4.40 Å². The lowest BCUT2D eigenvalue weighted by Crippen LogP contribution is -2.37. The van der Waals surface area contributed by atoms with Gasteiger partial charge in [0.05, 0.1) is 30.6 Å². The number of nitrogens with zero attached hydrogens (tertiary/aromatic N) is 4. The number of anilines is 1. The number of pyridine rings is 1. The topological polar surface area (TPSA) is 109 Å². The van der Waals surface area contributed by atoms with E-state index in [0.29, 0.717) is 49.0 Å². The molecule has 0 aliphatic carbocycles. The summed E-state index contributed by atoms with van der Waals surface area (Å²) in [5.74, 6) is -0.0288. The number of aromatic nitrogens is 2. The summed E-state index contributed by atoms with van der Waals surface area (Å²) in [4.78, 5) is 32.3. The lowest BCUT2D eigenvalue weighted by molar-refractivity contribution is 0.0377. The fourth-order valence-corrected chi connectivity index (χ4v) is 3.74. The molecule has 0 amide bonds. The lowest BCUT2D eigenvalue weighted by Gasteiger charge is -2.28. The largest absolute Gasteiger partial charge is 0.591 e. The zero-order valence-corrected chi connectivity index (χ0v) is 20.2. The van der Waals surface area contributed by atoms with Crippen molar-refractivity contribution in [3.63, 3.8) is 0 Å². The molecule has 0 unspecified atom stereocenters. The summed E-state index contributed by atoms with van der Waals surface area (Å²) in [5, 5.41) is 0. The summed E-state index contributed by atoms with van der Waals surface area (Å²) in [7, 11) is 0. The van der Waals surface area contributed by atoms with Gasteiger partial charge in [0, 0.05) is 30.9 Å². The van der Waals surface area contributed by atoms with Crippen LogP contribution in [0.1, 0.15) is 57.5 Å². The Morgan fingerprint density at radius 2 is 1.94 bits per heavy atom. The van der Waals surface area contributed by atoms with Crippen LogP contribution in [-0.4, -0.2) is 62.8 Å². The molecule has 32 heavy (non-hydrogen) atoms. The average molecular weight is 463 g/mol. The number of esters is 1. The van der Waals surface area contributed by atoms with Crippen molar-refractivity contribution < 1.29 is 18.8 Å². The fraction of sp³-hybridized carbons (Fsp3) is 0.545. The molecule has 1 atom stereocenters. The van der Waals surface area contributed by atoms with Crippen LogP contribution in [0, 0.1) is 0 Å². The van der Waals surface area contributed by atoms with Crippen LogP contribution < -0.4 is 10.5 Å². The molecule has 9 nitrogen and oxygen atoms in total. The van der Waals surface area contributed by atoms with Crippen molar-refractivity contribution >= 4 is 34.5 Å². The van der Waals surface area contributed by atoms with E-state index in [4.69, 9.17) is 14.5 Å². The predicted octanol–water partition coefficient (Wildman–Crippen LogP) is 2.37. The Morgan fingerprint density at radius 3 is 2.53 bits per heavy atom. The van der Waals surface area contributed by atoms with E-state index in [1.54, 1.807) is 26.8 Å². The summed E-state index contributed by atoms with van der Waals surface area (Å²) < 4.78 is 28.5. The van der Waals surface area contributed by atoms with Crippen molar-refractivity contribution in [2.75, 3.05) is 31.2 Å². The SMILES string of the molecule is C/C(=N\[S@+]([O-])C(C)(C)C)c1cc(C(=O)OC(C)C)cn2c(=O)cc(N3CCOCC3)nc12. The lowest BCUT2D eigenvalue weighted by atomic mass is 10.1. The van der Waals surface area contributed by atoms with E-state index in [0.717, 1.165) is 0 Å². The van der Waals surface area contributed by atoms with Gasteiger partial charge in [0.15, 0.2) is 5.65 Å². The molecule has 0 spiro atoms. The molecule has 0 radical (unpaired) electrons. The summed E-state index contributed by atoms with van der Waals surface area (Å²) in [6.07, 6.45) is 1.11. The second-order valence-electron chi connectivity index (χ2n) is 8.88. The third kappa shape index (κ3) is 5.48. The fourth-order valence-electron chi connectivity index (χ4n) is 3.12. The molecule has 1 fully saturated rings. The molecule has 174 valence electrons. The van der Waals surface area contributed by atoms with Gasteiger partial charge in [-0.1, -0.05) is 4.40 Å². The molecular weight excluding hydrogens is 432 g/mol. The molecule has 0 aromatic carbocycles. The Hall–Kier alpha value is -2.43. The van der Waals surface area contributed by atoms with Gasteiger partial charge in [-0.25, -0.2) is 9.78 Å². The summed E-state index contributed by atoms with van der Waals surface area (Å²) in [6.45, 7) is 13.0. The van der Waals surface area contributed by atoms with Crippen LogP contribution in [-0.2, 0) is 20.8 Å². The second kappa shape index (κ2) is 9.60. The van der Waals surface area contributed by atoms with E-state index in [1.165, 1.54) is 16.7 Å². The Labute approximate surface area is 190 Å². The van der Waals surface area contributed by atoms with Gasteiger partial charge in [-0.3, -0.25) is 9.20 Å². The van der Waals surface area contributed by atoms with Crippen molar-refractivity contribution in [2.45, 2.75) is 52.4 Å². The van der Waals surface area contributed by atoms with Gasteiger partial charge in [-0.2, -0.15) is 0 Å². The van der Waals surface area contributed by atoms with Gasteiger partial charge >= 0.3 is 5.97 Å². The zero-order chi connectivity index (χ0) is 23.6. The monoisotopic (exact) mass is 462 g/mol. The molecule has 10 heteroatoms. The molecule has 2 aromatic rings. The minimum atomic E-state index is -1.52. The number of morpholine rings is 1. The minimum Gasteiger partial charge on any atom is -0.591 e. The molecule has 3 heterocycles. The molecule has 0 saturated carbocycles. The van der Waals surface area contributed by atoms with Crippen molar-refractivity contribution in [3.05, 3.63) is 39.8 Å². The highest BCUT2D eigenvalue weighted by molar-refractivity contribution is 7.91. The Balaban J connectivity index is 2.21. The van der Waals surface area contributed by atoms with Crippen LogP contribution in [0.5, 0.6) is 0 Å². The highest BCUT2D eigenvalue weighted by Gasteiger charge is 2.28. The van der Waals surface area contributed by atoms with E-state index in [-0.39, 0.29) is 17.2 Å². The highest BCUT2D eigenvalue weighted by Crippen LogP contribution is 2.22. The zero-order valence-electron chi connectivity index (χ0n) is 19.4. The summed E-state index contributed by atoms with van der Waals surface area (Å²) in [6, 6.07) is 3.04. The molecule has 1 saturated heterocycles. The Morgan fingerprint density at radius 1 is 1.28 bits per heavy atom. The molecule has 1 aliphatic heterocycles. The van der Waals surface area contributed by atoms with Crippen LogP contribution in [0.15, 0.2) is 27.5 Å². The van der Waals surface area contributed by atoms with Crippen LogP contribution in [0.2, 0.25) is 0 Å². The maximum Gasteiger partial charge on any atom is 0.339 e. The van der Waals surface area contributed by atoms with Gasteiger partial charge in [0.25, 0.3) is 5.56 Å². The smallest absolute Gasteiger partial charge is 0.339 e. The number of fused-ring (bicyclic) bond motifs is 1. The van der Waals surface area contributed by atoms with Gasteiger partial charge in [-0.05, 0) is 47.6 Å². The van der Waals surface area contributed by atoms with Gasteiger partial charge < -0.3 is 18.9 Å². The molecule has 1 aliphatic rings. The van der Waals surface area contributed by atoms with E-state index in [1.807, 2.05) is 25.7 Å². The van der Waals surface area contributed by atoms with Crippen molar-refractivity contribution in [1.82, 2.24) is 9.38 Å². The number of carbonyl (C=O) groups excluding carboxylic acids is 1. The maximum absolute atomic E-state index is 13.0. The number of carbonyl (C=O) groups is 1. The first-order chi connectivity index (χ1) is 15.0. The van der Waals surface area contributed by atoms with E-state index in [9.17, 15) is 14.1 Å². The van der Waals surface area contributed by atoms with Crippen LogP contribution in [0.3, 0.4) is 0 Å². The minimum absolute atomic E-state index is 0.195. The number of hydrogen-bond donors (Lipinski definition) is 0. The summed E-state index contributed by atoms with van der Waals surface area (Å²) in [5.41, 5.74) is 1.07. The standard InChI is InChI=1S/C22H30N4O5S/c1-14(2)31-21(28)16-11-17(15(3)24-32(29)22(4,5)6)20-23-18(12-19(27)26(20)13-16)25-7-9-30-10-8-25/h11-14H,7-10H2,1-6H3/b24-15+/t32-/m1/s1. The van der Waals surface area contributed by atoms with Crippen LogP contribution >= 0.6 is 0 Å². The second-order valence-corrected chi connectivity index (χ2v) is 10.8. The third-order valence-corrected chi connectivity index (χ3v) is 6.28. The van der Waals surface area contributed by atoms with Crippen molar-refractivity contribution in [3.8, 4) is 0 Å². The molecule has 3 rings (SSSR count). The van der Waals surface area contributed by atoms with Gasteiger partial charge in [0.1, 0.15) is 21.9 Å². The molecule has 0 bridgehead atoms. The molecular formula is C22H30N4O5S. The first-order valence-electron chi connectivity index (χ1n) is 10.6. The van der Waals surface area contributed by atoms with E-state index >= 15 is 0 Å². The highest BCUT2D eigenvalue weighted by atomic mass is 32.2. The first kappa shape index (κ1) is 24.2. The third-order valence-electron chi connectivity index (χ3n) is 4.79. The molecule has 2 aromatic heterocycles. The van der Waals surface area contributed by atoms with E-state index < -0.39 is 22.1 Å². The van der Waals surface area contributed by atoms with Gasteiger partial charge in [0.2, 0.25) is 0 Å². The Bertz CT molecular complexity index is 1080. The van der Waals surface area contributed by atoms with Crippen molar-refractivity contribution in [1.29, 1.82) is 0 Å². The van der Waals surface area contributed by atoms with Crippen LogP contribution in [0.4, 0.5) is 5.82 Å². The van der Waals surface area contributed by atoms with Gasteiger partial charge in [-0.15, -0.1) is 0 Å². The van der Waals surface area contributed by atoms with Crippen LogP contribution in [0.25, 0.3) is 5.65 Å². The van der Waals surface area contributed by atoms with E-state index in [2.05, 4.69) is 4.40 Å². The Kier molecular flexibility index (Phi) is 7.26. The number of rotatable bonds is 5. The number of ether oxygens (including phenoxy) is 2. The predicted molar refractivity (Wildman–Crippen MR) is 125 cm³/mol. The normalized spacial score (nSPS) is 16.5. The molecule has 0 N–H and O–H groups in total. The average Bonchev–Trinajstić information content (AvgIpc) is 2.72. The number of hydrogen-bond acceptors (Lipinski definition) is 8.